The molecule has 11 heteroatoms. The lowest BCUT2D eigenvalue weighted by Crippen LogP contribution is -2.45. The molecule has 9 nitrogen and oxygen atoms in total. The summed E-state index contributed by atoms with van der Waals surface area (Å²) in [6.07, 6.45) is 2.75. The number of piperidine rings is 1. The van der Waals surface area contributed by atoms with E-state index in [4.69, 9.17) is 9.47 Å². The maximum atomic E-state index is 12.6. The smallest absolute Gasteiger partial charge is 0.263 e. The van der Waals surface area contributed by atoms with Gasteiger partial charge >= 0.3 is 0 Å². The summed E-state index contributed by atoms with van der Waals surface area (Å²) in [5.74, 6) is -2.00. The van der Waals surface area contributed by atoms with Crippen molar-refractivity contribution in [2.24, 2.45) is 4.99 Å². The number of likely N-dealkylation sites (tertiary alicyclic amines) is 1. The minimum Gasteiger partial charge on any atom is -0.494 e. The van der Waals surface area contributed by atoms with E-state index in [0.717, 1.165) is 29.5 Å². The van der Waals surface area contributed by atoms with Crippen molar-refractivity contribution in [1.29, 1.82) is 0 Å². The Morgan fingerprint density at radius 1 is 1.18 bits per heavy atom. The molecule has 1 fully saturated rings. The fourth-order valence-corrected chi connectivity index (χ4v) is 6.22. The second kappa shape index (κ2) is 11.9. The third-order valence-electron chi connectivity index (χ3n) is 5.66. The number of benzene rings is 1. The van der Waals surface area contributed by atoms with E-state index in [0.29, 0.717) is 43.5 Å². The molecule has 0 aliphatic carbocycles. The molecule has 1 saturated heterocycles. The van der Waals surface area contributed by atoms with Crippen molar-refractivity contribution in [2.75, 3.05) is 37.9 Å². The van der Waals surface area contributed by atoms with Gasteiger partial charge in [-0.1, -0.05) is 11.3 Å². The Balaban J connectivity index is 1.81. The van der Waals surface area contributed by atoms with Crippen LogP contribution in [0.2, 0.25) is 0 Å². The number of nitrogens with zero attached hydrogens (tertiary/aromatic N) is 3. The summed E-state index contributed by atoms with van der Waals surface area (Å²) in [6.45, 7) is 8.26. The molecular formula is C23H33N3O6S2. The summed E-state index contributed by atoms with van der Waals surface area (Å²) in [5, 5.41) is 0. The fourth-order valence-electron chi connectivity index (χ4n) is 4.03. The van der Waals surface area contributed by atoms with E-state index >= 15 is 0 Å². The lowest BCUT2D eigenvalue weighted by molar-refractivity contribution is -0.131. The van der Waals surface area contributed by atoms with Crippen molar-refractivity contribution in [3.63, 3.8) is 0 Å². The molecule has 1 unspecified atom stereocenters. The second-order valence-corrected chi connectivity index (χ2v) is 11.3. The predicted octanol–water partition coefficient (Wildman–Crippen LogP) is 2.38. The Morgan fingerprint density at radius 3 is 2.68 bits per heavy atom. The number of hydrogen-bond acceptors (Lipinski definition) is 7. The standard InChI is InChI=1S/C23H33N3O6S2/c1-4-31-13-12-26-19-10-9-18(32-5-2)14-20(19)33-23(26)24-21(27)15-34(29,30)16-22(28)25-11-7-6-8-17(25)3/h9-10,14,17H,4-8,11-13,15-16H2,1-3H3. The van der Waals surface area contributed by atoms with Crippen molar-refractivity contribution >= 4 is 43.2 Å². The zero-order chi connectivity index (χ0) is 24.7. The molecule has 0 radical (unpaired) electrons. The highest BCUT2D eigenvalue weighted by molar-refractivity contribution is 7.92. The van der Waals surface area contributed by atoms with E-state index < -0.39 is 33.2 Å². The highest BCUT2D eigenvalue weighted by atomic mass is 32.2. The van der Waals surface area contributed by atoms with Gasteiger partial charge in [0.15, 0.2) is 14.6 Å². The molecule has 188 valence electrons. The van der Waals surface area contributed by atoms with Gasteiger partial charge in [0.2, 0.25) is 5.91 Å². The monoisotopic (exact) mass is 511 g/mol. The first kappa shape index (κ1) is 26.4. The van der Waals surface area contributed by atoms with E-state index in [-0.39, 0.29) is 6.04 Å². The maximum Gasteiger partial charge on any atom is 0.263 e. The molecular weight excluding hydrogens is 478 g/mol. The number of thiazole rings is 1. The van der Waals surface area contributed by atoms with Crippen LogP contribution in [0.4, 0.5) is 0 Å². The van der Waals surface area contributed by atoms with Crippen LogP contribution < -0.4 is 9.54 Å². The molecule has 2 heterocycles. The zero-order valence-corrected chi connectivity index (χ0v) is 21.6. The Kier molecular flexibility index (Phi) is 9.26. The number of rotatable bonds is 10. The van der Waals surface area contributed by atoms with E-state index in [9.17, 15) is 18.0 Å². The number of sulfone groups is 1. The quantitative estimate of drug-likeness (QED) is 0.453. The molecule has 2 aromatic rings. The molecule has 1 aliphatic rings. The van der Waals surface area contributed by atoms with Gasteiger partial charge in [-0.2, -0.15) is 4.99 Å². The topological polar surface area (TPSA) is 107 Å². The summed E-state index contributed by atoms with van der Waals surface area (Å²) in [7, 11) is -3.93. The zero-order valence-electron chi connectivity index (χ0n) is 20.0. The van der Waals surface area contributed by atoms with Gasteiger partial charge in [0.05, 0.1) is 23.4 Å². The molecule has 1 aromatic carbocycles. The molecule has 1 aliphatic heterocycles. The second-order valence-electron chi connectivity index (χ2n) is 8.27. The number of fused-ring (bicyclic) bond motifs is 1. The molecule has 0 spiro atoms. The van der Waals surface area contributed by atoms with Crippen LogP contribution >= 0.6 is 11.3 Å². The summed E-state index contributed by atoms with van der Waals surface area (Å²) < 4.78 is 39.0. The Morgan fingerprint density at radius 2 is 1.97 bits per heavy atom. The molecule has 2 amide bonds. The van der Waals surface area contributed by atoms with Crippen LogP contribution in [0.15, 0.2) is 23.2 Å². The van der Waals surface area contributed by atoms with Gasteiger partial charge in [-0.3, -0.25) is 9.59 Å². The van der Waals surface area contributed by atoms with Gasteiger partial charge in [0.1, 0.15) is 17.3 Å². The van der Waals surface area contributed by atoms with Gasteiger partial charge < -0.3 is 18.9 Å². The fraction of sp³-hybridized carbons (Fsp3) is 0.609. The van der Waals surface area contributed by atoms with Crippen molar-refractivity contribution in [2.45, 2.75) is 52.6 Å². The van der Waals surface area contributed by atoms with Crippen LogP contribution in [0.5, 0.6) is 5.75 Å². The van der Waals surface area contributed by atoms with Crippen LogP contribution in [0.1, 0.15) is 40.0 Å². The van der Waals surface area contributed by atoms with Crippen LogP contribution in [-0.2, 0) is 30.7 Å². The molecule has 1 aromatic heterocycles. The largest absolute Gasteiger partial charge is 0.494 e. The summed E-state index contributed by atoms with van der Waals surface area (Å²) in [4.78, 5) is 31.3. The highest BCUT2D eigenvalue weighted by Crippen LogP contribution is 2.23. The van der Waals surface area contributed by atoms with Gasteiger partial charge in [-0.05, 0) is 58.2 Å². The minimum atomic E-state index is -3.93. The van der Waals surface area contributed by atoms with Crippen LogP contribution in [0.3, 0.4) is 0 Å². The van der Waals surface area contributed by atoms with Crippen molar-refractivity contribution in [3.05, 3.63) is 23.0 Å². The molecule has 0 N–H and O–H groups in total. The van der Waals surface area contributed by atoms with Crippen LogP contribution in [-0.4, -0.2) is 73.6 Å². The van der Waals surface area contributed by atoms with Crippen LogP contribution in [0, 0.1) is 0 Å². The summed E-state index contributed by atoms with van der Waals surface area (Å²) in [5.41, 5.74) is 0.858. The van der Waals surface area contributed by atoms with Gasteiger partial charge in [-0.15, -0.1) is 0 Å². The summed E-state index contributed by atoms with van der Waals surface area (Å²) in [6, 6.07) is 5.63. The number of amides is 2. The number of carbonyl (C=O) groups is 2. The van der Waals surface area contributed by atoms with Gasteiger partial charge in [-0.25, -0.2) is 8.42 Å². The molecule has 0 bridgehead atoms. The average Bonchev–Trinajstić information content (AvgIpc) is 3.09. The SMILES string of the molecule is CCOCCn1c(=NC(=O)CS(=O)(=O)CC(=O)N2CCCCC2C)sc2cc(OCC)ccc21. The third kappa shape index (κ3) is 6.89. The highest BCUT2D eigenvalue weighted by Gasteiger charge is 2.28. The van der Waals surface area contributed by atoms with E-state index in [1.54, 1.807) is 4.90 Å². The minimum absolute atomic E-state index is 0.0151. The first-order chi connectivity index (χ1) is 16.2. The van der Waals surface area contributed by atoms with E-state index in [2.05, 4.69) is 4.99 Å². The molecule has 34 heavy (non-hydrogen) atoms. The van der Waals surface area contributed by atoms with Gasteiger partial charge in [0, 0.05) is 25.7 Å². The third-order valence-corrected chi connectivity index (χ3v) is 8.07. The Labute approximate surface area is 204 Å². The predicted molar refractivity (Wildman–Crippen MR) is 132 cm³/mol. The summed E-state index contributed by atoms with van der Waals surface area (Å²) >= 11 is 1.28. The van der Waals surface area contributed by atoms with Crippen LogP contribution in [0.25, 0.3) is 10.2 Å². The molecule has 3 rings (SSSR count). The van der Waals surface area contributed by atoms with Crippen molar-refractivity contribution < 1.29 is 27.5 Å². The first-order valence-corrected chi connectivity index (χ1v) is 14.3. The average molecular weight is 512 g/mol. The van der Waals surface area contributed by atoms with Crippen molar-refractivity contribution in [1.82, 2.24) is 9.47 Å². The van der Waals surface area contributed by atoms with E-state index in [1.807, 2.05) is 43.5 Å². The number of aromatic nitrogens is 1. The lowest BCUT2D eigenvalue weighted by atomic mass is 10.0. The molecule has 1 atom stereocenters. The lowest BCUT2D eigenvalue weighted by Gasteiger charge is -2.33. The number of ether oxygens (including phenoxy) is 2. The van der Waals surface area contributed by atoms with E-state index in [1.165, 1.54) is 11.3 Å². The molecule has 0 saturated carbocycles. The number of carbonyl (C=O) groups excluding carboxylic acids is 2. The van der Waals surface area contributed by atoms with Crippen molar-refractivity contribution in [3.8, 4) is 5.75 Å². The Hall–Kier alpha value is -2.24. The normalized spacial score (nSPS) is 17.3. The Bertz CT molecular complexity index is 1190. The van der Waals surface area contributed by atoms with Gasteiger partial charge in [0.25, 0.3) is 5.91 Å². The maximum absolute atomic E-state index is 12.6. The number of hydrogen-bond donors (Lipinski definition) is 0. The first-order valence-electron chi connectivity index (χ1n) is 11.7.